The lowest BCUT2D eigenvalue weighted by atomic mass is 10.1. The lowest BCUT2D eigenvalue weighted by Crippen LogP contribution is -2.37. The zero-order chi connectivity index (χ0) is 39.5. The molecule has 2 unspecified atom stereocenters. The Hall–Kier alpha value is -2.07. The van der Waals surface area contributed by atoms with Gasteiger partial charge in [0.05, 0.1) is 33.9 Å². The summed E-state index contributed by atoms with van der Waals surface area (Å²) in [6.45, 7) is 4.19. The lowest BCUT2D eigenvalue weighted by Gasteiger charge is -2.24. The standard InChI is InChI=1S/C42H76NO9P/c1-6-8-10-12-14-16-17-19-21-25-29-33-41(45)49-37-40(38-51-53(47,48)50-36-35-43(3,4)5)52-42(46)34-30-26-22-24-28-32-39(44)31-27-23-20-18-15-13-11-9-7-2/h15,18,22-24,27-28,32,39-40,44H,6-14,16-17,19-21,25-26,29-31,33-38H2,1-5H3/p+1/b18-15-,24-22+,27-23-,32-28-/t39?,40-/m1/s1. The molecule has 0 aromatic rings. The molecule has 0 aromatic heterocycles. The van der Waals surface area contributed by atoms with Gasteiger partial charge in [0, 0.05) is 12.8 Å². The molecule has 0 saturated carbocycles. The first-order valence-corrected chi connectivity index (χ1v) is 22.0. The number of aliphatic hydroxyl groups is 1. The number of esters is 2. The van der Waals surface area contributed by atoms with Crippen LogP contribution in [0.5, 0.6) is 0 Å². The van der Waals surface area contributed by atoms with Gasteiger partial charge < -0.3 is 24.0 Å². The van der Waals surface area contributed by atoms with Crippen molar-refractivity contribution in [1.82, 2.24) is 0 Å². The second-order valence-electron chi connectivity index (χ2n) is 14.9. The molecule has 3 atom stereocenters. The van der Waals surface area contributed by atoms with Gasteiger partial charge in [-0.15, -0.1) is 0 Å². The fourth-order valence-corrected chi connectivity index (χ4v) is 5.89. The smallest absolute Gasteiger partial charge is 0.462 e. The Morgan fingerprint density at radius 2 is 1.26 bits per heavy atom. The number of hydrogen-bond acceptors (Lipinski definition) is 8. The summed E-state index contributed by atoms with van der Waals surface area (Å²) in [5.41, 5.74) is 0. The minimum absolute atomic E-state index is 0.00547. The third-order valence-corrected chi connectivity index (χ3v) is 9.43. The van der Waals surface area contributed by atoms with Gasteiger partial charge in [-0.1, -0.05) is 140 Å². The third-order valence-electron chi connectivity index (χ3n) is 8.44. The Balaban J connectivity index is 4.61. The molecule has 0 bridgehead atoms. The van der Waals surface area contributed by atoms with Crippen molar-refractivity contribution in [2.75, 3.05) is 47.5 Å². The number of hydrogen-bond donors (Lipinski definition) is 2. The lowest BCUT2D eigenvalue weighted by molar-refractivity contribution is -0.870. The van der Waals surface area contributed by atoms with E-state index in [2.05, 4.69) is 32.1 Å². The Labute approximate surface area is 323 Å². The number of aliphatic hydroxyl groups excluding tert-OH is 1. The van der Waals surface area contributed by atoms with Crippen molar-refractivity contribution >= 4 is 19.8 Å². The summed E-state index contributed by atoms with van der Waals surface area (Å²) in [4.78, 5) is 35.2. The minimum Gasteiger partial charge on any atom is -0.462 e. The summed E-state index contributed by atoms with van der Waals surface area (Å²) in [7, 11) is 1.38. The van der Waals surface area contributed by atoms with Crippen LogP contribution in [0, 0.1) is 0 Å². The van der Waals surface area contributed by atoms with Crippen LogP contribution >= 0.6 is 7.82 Å². The van der Waals surface area contributed by atoms with E-state index in [4.69, 9.17) is 18.5 Å². The summed E-state index contributed by atoms with van der Waals surface area (Å²) in [5, 5.41) is 10.1. The summed E-state index contributed by atoms with van der Waals surface area (Å²) >= 11 is 0. The maximum Gasteiger partial charge on any atom is 0.472 e. The number of rotatable bonds is 36. The van der Waals surface area contributed by atoms with E-state index in [1.54, 1.807) is 12.2 Å². The number of nitrogens with zero attached hydrogens (tertiary/aromatic N) is 1. The number of carbonyl (C=O) groups is 2. The molecule has 0 amide bonds. The SMILES string of the molecule is CCCCC/C=C\C/C=C\CC(O)/C=C\C=C\CCCC(=O)O[C@H](COC(=O)CCCCCCCCCCCCC)COP(=O)(O)OCC[N+](C)(C)C. The van der Waals surface area contributed by atoms with E-state index in [1.165, 1.54) is 70.6 Å². The molecule has 308 valence electrons. The number of likely N-dealkylation sites (N-methyl/N-ethyl adjacent to an activating group) is 1. The minimum atomic E-state index is -4.41. The first-order valence-electron chi connectivity index (χ1n) is 20.5. The largest absolute Gasteiger partial charge is 0.472 e. The van der Waals surface area contributed by atoms with E-state index in [0.717, 1.165) is 32.1 Å². The predicted molar refractivity (Wildman–Crippen MR) is 216 cm³/mol. The van der Waals surface area contributed by atoms with Crippen LogP contribution in [0.3, 0.4) is 0 Å². The predicted octanol–water partition coefficient (Wildman–Crippen LogP) is 10.1. The van der Waals surface area contributed by atoms with Crippen LogP contribution in [0.2, 0.25) is 0 Å². The van der Waals surface area contributed by atoms with Gasteiger partial charge in [-0.25, -0.2) is 4.57 Å². The van der Waals surface area contributed by atoms with Crippen LogP contribution in [-0.4, -0.2) is 86.1 Å². The monoisotopic (exact) mass is 771 g/mol. The summed E-state index contributed by atoms with van der Waals surface area (Å²) in [5.74, 6) is -0.932. The average Bonchev–Trinajstić information content (AvgIpc) is 3.10. The molecule has 0 radical (unpaired) electrons. The molecule has 0 spiro atoms. The number of phosphoric ester groups is 1. The van der Waals surface area contributed by atoms with Crippen molar-refractivity contribution < 1.29 is 47.2 Å². The molecule has 2 N–H and O–H groups in total. The van der Waals surface area contributed by atoms with E-state index in [0.29, 0.717) is 30.3 Å². The number of carbonyl (C=O) groups excluding carboxylic acids is 2. The van der Waals surface area contributed by atoms with E-state index in [9.17, 15) is 24.2 Å². The fraction of sp³-hybridized carbons (Fsp3) is 0.762. The Morgan fingerprint density at radius 3 is 1.92 bits per heavy atom. The van der Waals surface area contributed by atoms with Crippen molar-refractivity contribution in [3.8, 4) is 0 Å². The van der Waals surface area contributed by atoms with Gasteiger partial charge in [-0.3, -0.25) is 18.6 Å². The number of unbranched alkanes of at least 4 members (excludes halogenated alkanes) is 14. The highest BCUT2D eigenvalue weighted by Gasteiger charge is 2.27. The molecule has 0 aliphatic rings. The quantitative estimate of drug-likeness (QED) is 0.0160. The van der Waals surface area contributed by atoms with E-state index in [1.807, 2.05) is 39.4 Å². The molecule has 0 heterocycles. The summed E-state index contributed by atoms with van der Waals surface area (Å²) in [6.07, 6.45) is 34.8. The van der Waals surface area contributed by atoms with Crippen LogP contribution in [-0.2, 0) is 32.7 Å². The van der Waals surface area contributed by atoms with Gasteiger partial charge in [0.2, 0.25) is 0 Å². The van der Waals surface area contributed by atoms with E-state index < -0.39 is 38.6 Å². The van der Waals surface area contributed by atoms with Gasteiger partial charge in [0.15, 0.2) is 6.10 Å². The molecule has 0 aliphatic heterocycles. The fourth-order valence-electron chi connectivity index (χ4n) is 5.14. The van der Waals surface area contributed by atoms with Gasteiger partial charge in [-0.05, 0) is 44.9 Å². The molecular formula is C42H77NO9P+. The van der Waals surface area contributed by atoms with Gasteiger partial charge in [0.1, 0.15) is 19.8 Å². The number of quaternary nitrogens is 1. The molecule has 0 rings (SSSR count). The van der Waals surface area contributed by atoms with Crippen molar-refractivity contribution in [1.29, 1.82) is 0 Å². The summed E-state index contributed by atoms with van der Waals surface area (Å²) in [6, 6.07) is 0. The molecule has 0 saturated heterocycles. The highest BCUT2D eigenvalue weighted by molar-refractivity contribution is 7.47. The zero-order valence-corrected chi connectivity index (χ0v) is 35.0. The maximum atomic E-state index is 12.6. The van der Waals surface area contributed by atoms with E-state index >= 15 is 0 Å². The van der Waals surface area contributed by atoms with Crippen LogP contribution in [0.1, 0.15) is 149 Å². The molecule has 53 heavy (non-hydrogen) atoms. The van der Waals surface area contributed by atoms with Gasteiger partial charge in [0.25, 0.3) is 0 Å². The molecule has 0 fully saturated rings. The second-order valence-corrected chi connectivity index (χ2v) is 16.3. The van der Waals surface area contributed by atoms with Crippen LogP contribution < -0.4 is 0 Å². The topological polar surface area (TPSA) is 129 Å². The highest BCUT2D eigenvalue weighted by atomic mass is 31.2. The zero-order valence-electron chi connectivity index (χ0n) is 34.1. The molecule has 10 nitrogen and oxygen atoms in total. The highest BCUT2D eigenvalue weighted by Crippen LogP contribution is 2.43. The molecule has 0 aliphatic carbocycles. The normalized spacial score (nSPS) is 14.8. The van der Waals surface area contributed by atoms with E-state index in [-0.39, 0.29) is 26.1 Å². The Kier molecular flexibility index (Phi) is 33.1. The maximum absolute atomic E-state index is 12.6. The molecule has 0 aromatic carbocycles. The third kappa shape index (κ3) is 38.0. The van der Waals surface area contributed by atoms with Crippen LogP contribution in [0.4, 0.5) is 0 Å². The Bertz CT molecular complexity index is 1070. The van der Waals surface area contributed by atoms with Crippen molar-refractivity contribution in [3.63, 3.8) is 0 Å². The van der Waals surface area contributed by atoms with Crippen LogP contribution in [0.25, 0.3) is 0 Å². The molecular weight excluding hydrogens is 693 g/mol. The number of phosphoric acid groups is 1. The Morgan fingerprint density at radius 1 is 0.679 bits per heavy atom. The average molecular weight is 771 g/mol. The van der Waals surface area contributed by atoms with Crippen molar-refractivity contribution in [2.45, 2.75) is 161 Å². The van der Waals surface area contributed by atoms with Crippen LogP contribution in [0.15, 0.2) is 48.6 Å². The van der Waals surface area contributed by atoms with Gasteiger partial charge >= 0.3 is 19.8 Å². The second kappa shape index (κ2) is 34.4. The number of allylic oxidation sites excluding steroid dienone is 6. The van der Waals surface area contributed by atoms with Crippen molar-refractivity contribution in [2.24, 2.45) is 0 Å². The molecule has 11 heteroatoms. The summed E-state index contributed by atoms with van der Waals surface area (Å²) < 4.78 is 34.1. The first-order chi connectivity index (χ1) is 25.4. The number of ether oxygens (including phenoxy) is 2. The van der Waals surface area contributed by atoms with Crippen molar-refractivity contribution in [3.05, 3.63) is 48.6 Å². The van der Waals surface area contributed by atoms with Gasteiger partial charge in [-0.2, -0.15) is 0 Å². The first kappa shape index (κ1) is 50.9.